The van der Waals surface area contributed by atoms with Gasteiger partial charge in [0.15, 0.2) is 11.5 Å². The number of halogens is 1. The van der Waals surface area contributed by atoms with Gasteiger partial charge in [0, 0.05) is 10.1 Å². The van der Waals surface area contributed by atoms with Crippen LogP contribution in [0.3, 0.4) is 0 Å². The van der Waals surface area contributed by atoms with Crippen molar-refractivity contribution in [3.05, 3.63) is 98.0 Å². The SMILES string of the molecule is COc1cc(/C=C2\SC(=O)N(CCc3ccccc3)C2=O)ccc1OCc1ccc(I)cc1. The predicted molar refractivity (Wildman–Crippen MR) is 139 cm³/mol. The van der Waals surface area contributed by atoms with Gasteiger partial charge in [-0.05, 0) is 87.8 Å². The number of nitrogens with zero attached hydrogens (tertiary/aromatic N) is 1. The third-order valence-corrected chi connectivity index (χ3v) is 6.76. The number of hydrogen-bond acceptors (Lipinski definition) is 5. The molecule has 0 N–H and O–H groups in total. The van der Waals surface area contributed by atoms with E-state index < -0.39 is 0 Å². The molecule has 33 heavy (non-hydrogen) atoms. The minimum absolute atomic E-state index is 0.244. The van der Waals surface area contributed by atoms with Crippen molar-refractivity contribution >= 4 is 51.6 Å². The summed E-state index contributed by atoms with van der Waals surface area (Å²) >= 11 is 3.23. The van der Waals surface area contributed by atoms with Crippen LogP contribution in [0, 0.1) is 3.57 Å². The highest BCUT2D eigenvalue weighted by Crippen LogP contribution is 2.35. The zero-order valence-corrected chi connectivity index (χ0v) is 21.0. The van der Waals surface area contributed by atoms with E-state index in [4.69, 9.17) is 9.47 Å². The van der Waals surface area contributed by atoms with Gasteiger partial charge in [0.25, 0.3) is 11.1 Å². The van der Waals surface area contributed by atoms with Gasteiger partial charge in [-0.2, -0.15) is 0 Å². The molecule has 0 radical (unpaired) electrons. The highest BCUT2D eigenvalue weighted by atomic mass is 127. The first-order valence-electron chi connectivity index (χ1n) is 10.4. The van der Waals surface area contributed by atoms with E-state index in [1.54, 1.807) is 19.3 Å². The van der Waals surface area contributed by atoms with E-state index in [1.165, 1.54) is 8.47 Å². The molecule has 3 aromatic carbocycles. The van der Waals surface area contributed by atoms with Crippen molar-refractivity contribution in [3.63, 3.8) is 0 Å². The maximum absolute atomic E-state index is 12.8. The second-order valence-corrected chi connectivity index (χ2v) is 9.63. The quantitative estimate of drug-likeness (QED) is 0.240. The molecule has 1 aliphatic heterocycles. The summed E-state index contributed by atoms with van der Waals surface area (Å²) in [6.07, 6.45) is 2.35. The average molecular weight is 571 g/mol. The van der Waals surface area contributed by atoms with Gasteiger partial charge in [-0.1, -0.05) is 48.5 Å². The number of thioether (sulfide) groups is 1. The molecule has 5 nitrogen and oxygen atoms in total. The van der Waals surface area contributed by atoms with Gasteiger partial charge in [-0.3, -0.25) is 14.5 Å². The molecule has 1 fully saturated rings. The third kappa shape index (κ3) is 5.97. The van der Waals surface area contributed by atoms with Gasteiger partial charge >= 0.3 is 0 Å². The summed E-state index contributed by atoms with van der Waals surface area (Å²) in [6, 6.07) is 23.4. The Bertz CT molecular complexity index is 1180. The Morgan fingerprint density at radius 3 is 2.42 bits per heavy atom. The number of rotatable bonds is 8. The minimum Gasteiger partial charge on any atom is -0.493 e. The first kappa shape index (κ1) is 23.4. The monoisotopic (exact) mass is 571 g/mol. The average Bonchev–Trinajstić information content (AvgIpc) is 3.10. The third-order valence-electron chi connectivity index (χ3n) is 5.13. The van der Waals surface area contributed by atoms with Crippen LogP contribution in [0.15, 0.2) is 77.7 Å². The van der Waals surface area contributed by atoms with E-state index >= 15 is 0 Å². The van der Waals surface area contributed by atoms with Crippen LogP contribution in [0.2, 0.25) is 0 Å². The summed E-state index contributed by atoms with van der Waals surface area (Å²) in [4.78, 5) is 26.9. The van der Waals surface area contributed by atoms with Gasteiger partial charge in [0.1, 0.15) is 6.61 Å². The summed E-state index contributed by atoms with van der Waals surface area (Å²) < 4.78 is 12.6. The Kier molecular flexibility index (Phi) is 7.72. The van der Waals surface area contributed by atoms with Crippen molar-refractivity contribution in [1.29, 1.82) is 0 Å². The standard InChI is InChI=1S/C26H22INO4S/c1-31-23-15-20(9-12-22(23)32-17-19-7-10-21(27)11-8-19)16-24-25(29)28(26(30)33-24)14-13-18-5-3-2-4-6-18/h2-12,15-16H,13-14,17H2,1H3/b24-16-. The summed E-state index contributed by atoms with van der Waals surface area (Å²) in [6.45, 7) is 0.785. The lowest BCUT2D eigenvalue weighted by Gasteiger charge is -2.12. The number of methoxy groups -OCH3 is 1. The largest absolute Gasteiger partial charge is 0.493 e. The highest BCUT2D eigenvalue weighted by molar-refractivity contribution is 14.1. The van der Waals surface area contributed by atoms with Gasteiger partial charge in [0.05, 0.1) is 12.0 Å². The molecule has 0 spiro atoms. The fourth-order valence-corrected chi connectivity index (χ4v) is 4.59. The second-order valence-electron chi connectivity index (χ2n) is 7.39. The zero-order valence-electron chi connectivity index (χ0n) is 18.0. The lowest BCUT2D eigenvalue weighted by Crippen LogP contribution is -2.30. The van der Waals surface area contributed by atoms with Crippen molar-refractivity contribution in [2.75, 3.05) is 13.7 Å². The van der Waals surface area contributed by atoms with Crippen LogP contribution in [0.4, 0.5) is 4.79 Å². The number of carbonyl (C=O) groups excluding carboxylic acids is 2. The molecule has 0 unspecified atom stereocenters. The molecule has 1 heterocycles. The van der Waals surface area contributed by atoms with Crippen LogP contribution >= 0.6 is 34.4 Å². The molecule has 2 amide bonds. The number of imide groups is 1. The topological polar surface area (TPSA) is 55.8 Å². The molecule has 4 rings (SSSR count). The van der Waals surface area contributed by atoms with Crippen LogP contribution in [0.25, 0.3) is 6.08 Å². The fourth-order valence-electron chi connectivity index (χ4n) is 3.36. The molecule has 0 bridgehead atoms. The van der Waals surface area contributed by atoms with E-state index in [0.29, 0.717) is 36.0 Å². The van der Waals surface area contributed by atoms with Gasteiger partial charge in [-0.15, -0.1) is 0 Å². The lowest BCUT2D eigenvalue weighted by atomic mass is 10.1. The van der Waals surface area contributed by atoms with Crippen LogP contribution in [0.5, 0.6) is 11.5 Å². The fraction of sp³-hybridized carbons (Fsp3) is 0.154. The van der Waals surface area contributed by atoms with Gasteiger partial charge in [-0.25, -0.2) is 0 Å². The molecular formula is C26H22INO4S. The number of amides is 2. The molecule has 1 aliphatic rings. The molecule has 0 aromatic heterocycles. The second kappa shape index (κ2) is 10.9. The smallest absolute Gasteiger partial charge is 0.293 e. The van der Waals surface area contributed by atoms with E-state index in [-0.39, 0.29) is 11.1 Å². The maximum atomic E-state index is 12.8. The van der Waals surface area contributed by atoms with Crippen LogP contribution in [0.1, 0.15) is 16.7 Å². The van der Waals surface area contributed by atoms with Gasteiger partial charge in [0.2, 0.25) is 0 Å². The highest BCUT2D eigenvalue weighted by Gasteiger charge is 2.34. The Labute approximate surface area is 210 Å². The molecule has 168 valence electrons. The molecule has 3 aromatic rings. The van der Waals surface area contributed by atoms with Crippen molar-refractivity contribution in [2.45, 2.75) is 13.0 Å². The Balaban J connectivity index is 1.43. The molecule has 0 atom stereocenters. The Morgan fingerprint density at radius 2 is 1.70 bits per heavy atom. The minimum atomic E-state index is -0.265. The molecule has 0 saturated carbocycles. The summed E-state index contributed by atoms with van der Waals surface area (Å²) in [7, 11) is 1.58. The van der Waals surface area contributed by atoms with Crippen molar-refractivity contribution in [1.82, 2.24) is 4.90 Å². The first-order chi connectivity index (χ1) is 16.0. The lowest BCUT2D eigenvalue weighted by molar-refractivity contribution is -0.122. The van der Waals surface area contributed by atoms with Crippen LogP contribution in [-0.4, -0.2) is 29.7 Å². The molecule has 7 heteroatoms. The van der Waals surface area contributed by atoms with Crippen molar-refractivity contribution in [3.8, 4) is 11.5 Å². The van der Waals surface area contributed by atoms with Crippen LogP contribution in [-0.2, 0) is 17.8 Å². The van der Waals surface area contributed by atoms with E-state index in [0.717, 1.165) is 28.5 Å². The summed E-state index contributed by atoms with van der Waals surface area (Å²) in [5.74, 6) is 0.917. The van der Waals surface area contributed by atoms with Crippen molar-refractivity contribution in [2.24, 2.45) is 0 Å². The molecule has 0 aliphatic carbocycles. The normalized spacial score (nSPS) is 14.7. The first-order valence-corrected chi connectivity index (χ1v) is 12.3. The van der Waals surface area contributed by atoms with Gasteiger partial charge < -0.3 is 9.47 Å². The van der Waals surface area contributed by atoms with Crippen molar-refractivity contribution < 1.29 is 19.1 Å². The number of ether oxygens (including phenoxy) is 2. The number of benzene rings is 3. The zero-order chi connectivity index (χ0) is 23.2. The van der Waals surface area contributed by atoms with E-state index in [2.05, 4.69) is 22.6 Å². The summed E-state index contributed by atoms with van der Waals surface area (Å²) in [5.41, 5.74) is 2.92. The predicted octanol–water partition coefficient (Wildman–Crippen LogP) is 6.16. The van der Waals surface area contributed by atoms with E-state index in [1.807, 2.05) is 66.7 Å². The Hall–Kier alpha value is -2.78. The summed E-state index contributed by atoms with van der Waals surface area (Å²) in [5, 5.41) is -0.244. The Morgan fingerprint density at radius 1 is 0.939 bits per heavy atom. The molecular weight excluding hydrogens is 549 g/mol. The van der Waals surface area contributed by atoms with Crippen LogP contribution < -0.4 is 9.47 Å². The number of carbonyl (C=O) groups is 2. The molecule has 1 saturated heterocycles. The number of hydrogen-bond donors (Lipinski definition) is 0. The maximum Gasteiger partial charge on any atom is 0.293 e. The van der Waals surface area contributed by atoms with E-state index in [9.17, 15) is 9.59 Å².